The Morgan fingerprint density at radius 2 is 2.05 bits per heavy atom. The van der Waals surface area contributed by atoms with Crippen LogP contribution >= 0.6 is 15.9 Å². The second kappa shape index (κ2) is 6.26. The maximum Gasteiger partial charge on any atom is 0.136 e. The van der Waals surface area contributed by atoms with Crippen LogP contribution in [-0.4, -0.2) is 7.11 Å². The zero-order chi connectivity index (χ0) is 13.7. The highest BCUT2D eigenvalue weighted by Crippen LogP contribution is 2.21. The molecule has 0 N–H and O–H groups in total. The molecule has 0 bridgehead atoms. The van der Waals surface area contributed by atoms with Crippen LogP contribution in [0.15, 0.2) is 46.9 Å². The molecule has 0 aliphatic heterocycles. The van der Waals surface area contributed by atoms with Gasteiger partial charge in [0.25, 0.3) is 0 Å². The first-order valence-electron chi connectivity index (χ1n) is 5.68. The minimum absolute atomic E-state index is 0.412. The van der Waals surface area contributed by atoms with Gasteiger partial charge >= 0.3 is 0 Å². The Morgan fingerprint density at radius 1 is 1.21 bits per heavy atom. The molecular formula is C15H12BrNO2. The van der Waals surface area contributed by atoms with Gasteiger partial charge in [-0.15, -0.1) is 0 Å². The summed E-state index contributed by atoms with van der Waals surface area (Å²) in [5.74, 6) is 1.36. The molecule has 0 spiro atoms. The summed E-state index contributed by atoms with van der Waals surface area (Å²) in [6.07, 6.45) is 0. The Morgan fingerprint density at radius 3 is 2.74 bits per heavy atom. The highest BCUT2D eigenvalue weighted by atomic mass is 79.9. The fourth-order valence-corrected chi connectivity index (χ4v) is 2.03. The molecule has 0 fully saturated rings. The number of nitriles is 1. The van der Waals surface area contributed by atoms with Gasteiger partial charge in [-0.25, -0.2) is 0 Å². The zero-order valence-electron chi connectivity index (χ0n) is 10.4. The monoisotopic (exact) mass is 317 g/mol. The standard InChI is InChI=1S/C15H12BrNO2/c1-18-15-6-5-11(7-12(15)9-17)10-19-14-4-2-3-13(16)8-14/h2-8H,10H2,1H3. The van der Waals surface area contributed by atoms with Gasteiger partial charge in [0.05, 0.1) is 12.7 Å². The summed E-state index contributed by atoms with van der Waals surface area (Å²) < 4.78 is 11.7. The Balaban J connectivity index is 2.10. The van der Waals surface area contributed by atoms with Gasteiger partial charge in [-0.05, 0) is 35.9 Å². The van der Waals surface area contributed by atoms with E-state index in [1.807, 2.05) is 30.3 Å². The number of ether oxygens (including phenoxy) is 2. The van der Waals surface area contributed by atoms with Crippen LogP contribution in [0, 0.1) is 11.3 Å². The third-order valence-electron chi connectivity index (χ3n) is 2.59. The van der Waals surface area contributed by atoms with E-state index in [0.29, 0.717) is 17.9 Å². The average molecular weight is 318 g/mol. The number of hydrogen-bond acceptors (Lipinski definition) is 3. The molecule has 0 radical (unpaired) electrons. The average Bonchev–Trinajstić information content (AvgIpc) is 2.45. The van der Waals surface area contributed by atoms with E-state index in [1.54, 1.807) is 19.2 Å². The fraction of sp³-hybridized carbons (Fsp3) is 0.133. The first kappa shape index (κ1) is 13.4. The Kier molecular flexibility index (Phi) is 4.43. The van der Waals surface area contributed by atoms with Gasteiger partial charge in [0.2, 0.25) is 0 Å². The van der Waals surface area contributed by atoms with Crippen molar-refractivity contribution in [2.75, 3.05) is 7.11 Å². The fourth-order valence-electron chi connectivity index (χ4n) is 1.66. The maximum absolute atomic E-state index is 9.02. The number of benzene rings is 2. The largest absolute Gasteiger partial charge is 0.495 e. The van der Waals surface area contributed by atoms with Gasteiger partial charge in [-0.1, -0.05) is 28.1 Å². The van der Waals surface area contributed by atoms with Gasteiger partial charge in [-0.3, -0.25) is 0 Å². The van der Waals surface area contributed by atoms with Crippen LogP contribution < -0.4 is 9.47 Å². The van der Waals surface area contributed by atoms with Crippen molar-refractivity contribution in [3.8, 4) is 17.6 Å². The van der Waals surface area contributed by atoms with Gasteiger partial charge < -0.3 is 9.47 Å². The van der Waals surface area contributed by atoms with Gasteiger partial charge in [-0.2, -0.15) is 5.26 Å². The van der Waals surface area contributed by atoms with E-state index in [9.17, 15) is 0 Å². The Bertz CT molecular complexity index is 620. The highest BCUT2D eigenvalue weighted by Gasteiger charge is 2.04. The molecule has 0 saturated heterocycles. The molecule has 2 aromatic carbocycles. The molecule has 19 heavy (non-hydrogen) atoms. The van der Waals surface area contributed by atoms with E-state index in [-0.39, 0.29) is 0 Å². The van der Waals surface area contributed by atoms with E-state index in [2.05, 4.69) is 22.0 Å². The van der Waals surface area contributed by atoms with Crippen LogP contribution in [0.1, 0.15) is 11.1 Å². The summed E-state index contributed by atoms with van der Waals surface area (Å²) in [4.78, 5) is 0. The van der Waals surface area contributed by atoms with Crippen molar-refractivity contribution in [3.05, 3.63) is 58.1 Å². The number of hydrogen-bond donors (Lipinski definition) is 0. The maximum atomic E-state index is 9.02. The minimum atomic E-state index is 0.412. The van der Waals surface area contributed by atoms with E-state index >= 15 is 0 Å². The summed E-state index contributed by atoms with van der Waals surface area (Å²) >= 11 is 3.39. The molecule has 0 aliphatic carbocycles. The third kappa shape index (κ3) is 3.49. The predicted octanol–water partition coefficient (Wildman–Crippen LogP) is 3.91. The lowest BCUT2D eigenvalue weighted by molar-refractivity contribution is 0.305. The zero-order valence-corrected chi connectivity index (χ0v) is 12.0. The van der Waals surface area contributed by atoms with Crippen molar-refractivity contribution >= 4 is 15.9 Å². The number of rotatable bonds is 4. The highest BCUT2D eigenvalue weighted by molar-refractivity contribution is 9.10. The van der Waals surface area contributed by atoms with Crippen LogP contribution in [0.3, 0.4) is 0 Å². The second-order valence-electron chi connectivity index (χ2n) is 3.89. The van der Waals surface area contributed by atoms with Gasteiger partial charge in [0.15, 0.2) is 0 Å². The Hall–Kier alpha value is -1.99. The number of nitrogens with zero attached hydrogens (tertiary/aromatic N) is 1. The molecule has 0 saturated carbocycles. The van der Waals surface area contributed by atoms with Crippen LogP contribution in [0.25, 0.3) is 0 Å². The predicted molar refractivity (Wildman–Crippen MR) is 76.2 cm³/mol. The first-order chi connectivity index (χ1) is 9.22. The second-order valence-corrected chi connectivity index (χ2v) is 4.81. The van der Waals surface area contributed by atoms with Crippen LogP contribution in [0.2, 0.25) is 0 Å². The van der Waals surface area contributed by atoms with Crippen molar-refractivity contribution in [2.24, 2.45) is 0 Å². The van der Waals surface area contributed by atoms with Crippen molar-refractivity contribution in [1.82, 2.24) is 0 Å². The molecule has 0 aromatic heterocycles. The van der Waals surface area contributed by atoms with Crippen molar-refractivity contribution in [3.63, 3.8) is 0 Å². The van der Waals surface area contributed by atoms with Crippen LogP contribution in [0.4, 0.5) is 0 Å². The lowest BCUT2D eigenvalue weighted by atomic mass is 10.1. The number of halogens is 1. The molecule has 0 amide bonds. The van der Waals surface area contributed by atoms with Gasteiger partial charge in [0, 0.05) is 4.47 Å². The summed E-state index contributed by atoms with van der Waals surface area (Å²) in [5.41, 5.74) is 1.44. The van der Waals surface area contributed by atoms with E-state index < -0.39 is 0 Å². The molecular weight excluding hydrogens is 306 g/mol. The lowest BCUT2D eigenvalue weighted by Gasteiger charge is -2.08. The summed E-state index contributed by atoms with van der Waals surface area (Å²) in [6.45, 7) is 0.412. The van der Waals surface area contributed by atoms with Gasteiger partial charge in [0.1, 0.15) is 24.2 Å². The first-order valence-corrected chi connectivity index (χ1v) is 6.47. The van der Waals surface area contributed by atoms with Crippen molar-refractivity contribution in [2.45, 2.75) is 6.61 Å². The molecule has 0 heterocycles. The SMILES string of the molecule is COc1ccc(COc2cccc(Br)c2)cc1C#N. The van der Waals surface area contributed by atoms with E-state index in [0.717, 1.165) is 15.8 Å². The molecule has 0 unspecified atom stereocenters. The van der Waals surface area contributed by atoms with E-state index in [1.165, 1.54) is 0 Å². The Labute approximate surface area is 120 Å². The molecule has 3 nitrogen and oxygen atoms in total. The molecule has 2 rings (SSSR count). The van der Waals surface area contributed by atoms with Crippen molar-refractivity contribution in [1.29, 1.82) is 5.26 Å². The quantitative estimate of drug-likeness (QED) is 0.858. The van der Waals surface area contributed by atoms with Crippen LogP contribution in [-0.2, 0) is 6.61 Å². The number of methoxy groups -OCH3 is 1. The summed E-state index contributed by atoms with van der Waals surface area (Å²) in [5, 5.41) is 9.02. The molecule has 96 valence electrons. The minimum Gasteiger partial charge on any atom is -0.495 e. The van der Waals surface area contributed by atoms with E-state index in [4.69, 9.17) is 14.7 Å². The van der Waals surface area contributed by atoms with Crippen molar-refractivity contribution < 1.29 is 9.47 Å². The molecule has 0 atom stereocenters. The third-order valence-corrected chi connectivity index (χ3v) is 3.08. The molecule has 4 heteroatoms. The summed E-state index contributed by atoms with van der Waals surface area (Å²) in [7, 11) is 1.55. The molecule has 0 aliphatic rings. The molecule has 2 aromatic rings. The van der Waals surface area contributed by atoms with Crippen LogP contribution in [0.5, 0.6) is 11.5 Å². The lowest BCUT2D eigenvalue weighted by Crippen LogP contribution is -1.97. The topological polar surface area (TPSA) is 42.2 Å². The smallest absolute Gasteiger partial charge is 0.136 e. The normalized spacial score (nSPS) is 9.74. The summed E-state index contributed by atoms with van der Waals surface area (Å²) in [6, 6.07) is 15.2.